The van der Waals surface area contributed by atoms with Crippen LogP contribution in [-0.2, 0) is 9.53 Å². The summed E-state index contributed by atoms with van der Waals surface area (Å²) in [4.78, 5) is 14.3. The number of ether oxygens (including phenoxy) is 1. The lowest BCUT2D eigenvalue weighted by molar-refractivity contribution is -0.133. The van der Waals surface area contributed by atoms with Gasteiger partial charge in [-0.3, -0.25) is 4.79 Å². The monoisotopic (exact) mass is 270 g/mol. The molecule has 1 aliphatic carbocycles. The molecular formula is C15H30N2O2. The predicted octanol–water partition coefficient (Wildman–Crippen LogP) is 2.02. The van der Waals surface area contributed by atoms with E-state index in [0.717, 1.165) is 32.2 Å². The fourth-order valence-electron chi connectivity index (χ4n) is 2.73. The number of nitrogens with zero attached hydrogens (tertiary/aromatic N) is 1. The lowest BCUT2D eigenvalue weighted by atomic mass is 9.84. The van der Waals surface area contributed by atoms with Crippen LogP contribution in [0.15, 0.2) is 0 Å². The van der Waals surface area contributed by atoms with E-state index in [-0.39, 0.29) is 5.91 Å². The van der Waals surface area contributed by atoms with Crippen molar-refractivity contribution in [2.45, 2.75) is 52.0 Å². The summed E-state index contributed by atoms with van der Waals surface area (Å²) in [7, 11) is 1.68. The van der Waals surface area contributed by atoms with Crippen molar-refractivity contribution in [2.75, 3.05) is 26.8 Å². The second-order valence-electron chi connectivity index (χ2n) is 6.21. The van der Waals surface area contributed by atoms with E-state index in [9.17, 15) is 4.79 Å². The molecule has 2 N–H and O–H groups in total. The van der Waals surface area contributed by atoms with Crippen molar-refractivity contribution in [3.63, 3.8) is 0 Å². The number of nitrogens with two attached hydrogens (primary N) is 1. The van der Waals surface area contributed by atoms with Gasteiger partial charge in [0.05, 0.1) is 6.61 Å². The second-order valence-corrected chi connectivity index (χ2v) is 6.21. The third-order valence-electron chi connectivity index (χ3n) is 3.86. The molecule has 0 spiro atoms. The largest absolute Gasteiger partial charge is 0.383 e. The van der Waals surface area contributed by atoms with Gasteiger partial charge in [-0.25, -0.2) is 0 Å². The van der Waals surface area contributed by atoms with Crippen LogP contribution in [0, 0.1) is 11.8 Å². The molecule has 0 aromatic heterocycles. The average molecular weight is 270 g/mol. The molecule has 1 amide bonds. The number of rotatable bonds is 7. The molecule has 0 unspecified atom stereocenters. The highest BCUT2D eigenvalue weighted by molar-refractivity contribution is 5.76. The first-order valence-corrected chi connectivity index (χ1v) is 7.55. The normalized spacial score (nSPS) is 23.6. The zero-order valence-electron chi connectivity index (χ0n) is 12.7. The Morgan fingerprint density at radius 1 is 1.32 bits per heavy atom. The number of carbonyl (C=O) groups excluding carboxylic acids is 1. The Morgan fingerprint density at radius 3 is 2.47 bits per heavy atom. The van der Waals surface area contributed by atoms with Gasteiger partial charge in [-0.15, -0.1) is 0 Å². The highest BCUT2D eigenvalue weighted by Gasteiger charge is 2.23. The summed E-state index contributed by atoms with van der Waals surface area (Å²) in [6.07, 6.45) is 5.03. The number of hydrogen-bond donors (Lipinski definition) is 1. The molecule has 0 heterocycles. The maximum Gasteiger partial charge on any atom is 0.222 e. The Hall–Kier alpha value is -0.610. The second kappa shape index (κ2) is 8.54. The number of hydrogen-bond acceptors (Lipinski definition) is 3. The molecule has 4 heteroatoms. The Kier molecular flexibility index (Phi) is 7.39. The predicted molar refractivity (Wildman–Crippen MR) is 77.8 cm³/mol. The van der Waals surface area contributed by atoms with Gasteiger partial charge in [-0.2, -0.15) is 0 Å². The molecule has 1 rings (SSSR count). The molecule has 0 aliphatic heterocycles. The fraction of sp³-hybridized carbons (Fsp3) is 0.933. The molecule has 0 atom stereocenters. The van der Waals surface area contributed by atoms with E-state index in [2.05, 4.69) is 13.8 Å². The van der Waals surface area contributed by atoms with Crippen molar-refractivity contribution in [3.8, 4) is 0 Å². The average Bonchev–Trinajstić information content (AvgIpc) is 2.36. The molecule has 1 saturated carbocycles. The van der Waals surface area contributed by atoms with E-state index in [0.29, 0.717) is 37.5 Å². The van der Waals surface area contributed by atoms with Crippen LogP contribution in [0.4, 0.5) is 0 Å². The molecular weight excluding hydrogens is 240 g/mol. The van der Waals surface area contributed by atoms with Gasteiger partial charge < -0.3 is 15.4 Å². The topological polar surface area (TPSA) is 55.6 Å². The summed E-state index contributed by atoms with van der Waals surface area (Å²) in [5.74, 6) is 1.32. The van der Waals surface area contributed by atoms with E-state index in [1.165, 1.54) is 0 Å². The first-order valence-electron chi connectivity index (χ1n) is 7.55. The SMILES string of the molecule is COCCN(CC(C)C)C(=O)CC1CCC(N)CC1. The van der Waals surface area contributed by atoms with E-state index in [4.69, 9.17) is 10.5 Å². The van der Waals surface area contributed by atoms with Crippen molar-refractivity contribution in [2.24, 2.45) is 17.6 Å². The third kappa shape index (κ3) is 6.39. The van der Waals surface area contributed by atoms with Gasteiger partial charge in [0, 0.05) is 32.7 Å². The zero-order chi connectivity index (χ0) is 14.3. The van der Waals surface area contributed by atoms with Gasteiger partial charge in [0.1, 0.15) is 0 Å². The van der Waals surface area contributed by atoms with Crippen LogP contribution in [0.2, 0.25) is 0 Å². The molecule has 112 valence electrons. The minimum absolute atomic E-state index is 0.284. The molecule has 0 bridgehead atoms. The number of amides is 1. The van der Waals surface area contributed by atoms with Crippen molar-refractivity contribution in [1.29, 1.82) is 0 Å². The maximum atomic E-state index is 12.4. The summed E-state index contributed by atoms with van der Waals surface area (Å²) in [6.45, 7) is 6.45. The summed E-state index contributed by atoms with van der Waals surface area (Å²) in [5.41, 5.74) is 5.91. The minimum Gasteiger partial charge on any atom is -0.383 e. The molecule has 4 nitrogen and oxygen atoms in total. The first kappa shape index (κ1) is 16.4. The Balaban J connectivity index is 2.41. The summed E-state index contributed by atoms with van der Waals surface area (Å²) in [6, 6.07) is 0.353. The zero-order valence-corrected chi connectivity index (χ0v) is 12.7. The number of carbonyl (C=O) groups is 1. The molecule has 1 aliphatic rings. The standard InChI is InChI=1S/C15H30N2O2/c1-12(2)11-17(8-9-19-3)15(18)10-13-4-6-14(16)7-5-13/h12-14H,4-11,16H2,1-3H3. The first-order chi connectivity index (χ1) is 9.02. The highest BCUT2D eigenvalue weighted by Crippen LogP contribution is 2.26. The summed E-state index contributed by atoms with van der Waals surface area (Å²) >= 11 is 0. The van der Waals surface area contributed by atoms with Gasteiger partial charge in [-0.1, -0.05) is 13.8 Å². The summed E-state index contributed by atoms with van der Waals surface area (Å²) in [5, 5.41) is 0. The maximum absolute atomic E-state index is 12.4. The quantitative estimate of drug-likeness (QED) is 0.770. The number of methoxy groups -OCH3 is 1. The van der Waals surface area contributed by atoms with E-state index < -0.39 is 0 Å². The van der Waals surface area contributed by atoms with E-state index in [1.807, 2.05) is 4.90 Å². The van der Waals surface area contributed by atoms with E-state index in [1.54, 1.807) is 7.11 Å². The molecule has 0 aromatic carbocycles. The van der Waals surface area contributed by atoms with E-state index >= 15 is 0 Å². The van der Waals surface area contributed by atoms with Gasteiger partial charge >= 0.3 is 0 Å². The van der Waals surface area contributed by atoms with Crippen LogP contribution in [0.3, 0.4) is 0 Å². The van der Waals surface area contributed by atoms with Crippen LogP contribution in [0.25, 0.3) is 0 Å². The van der Waals surface area contributed by atoms with Crippen molar-refractivity contribution in [3.05, 3.63) is 0 Å². The lowest BCUT2D eigenvalue weighted by Crippen LogP contribution is -2.38. The molecule has 0 saturated heterocycles. The fourth-order valence-corrected chi connectivity index (χ4v) is 2.73. The van der Waals surface area contributed by atoms with Crippen molar-refractivity contribution < 1.29 is 9.53 Å². The lowest BCUT2D eigenvalue weighted by Gasteiger charge is -2.29. The van der Waals surface area contributed by atoms with Gasteiger partial charge in [-0.05, 0) is 37.5 Å². The Labute approximate surface area is 117 Å². The smallest absolute Gasteiger partial charge is 0.222 e. The van der Waals surface area contributed by atoms with Crippen LogP contribution in [-0.4, -0.2) is 43.7 Å². The molecule has 0 aromatic rings. The molecule has 0 radical (unpaired) electrons. The molecule has 19 heavy (non-hydrogen) atoms. The Morgan fingerprint density at radius 2 is 1.95 bits per heavy atom. The Bertz CT molecular complexity index is 261. The van der Waals surface area contributed by atoms with Crippen LogP contribution >= 0.6 is 0 Å². The van der Waals surface area contributed by atoms with Crippen LogP contribution in [0.5, 0.6) is 0 Å². The van der Waals surface area contributed by atoms with Crippen molar-refractivity contribution >= 4 is 5.91 Å². The minimum atomic E-state index is 0.284. The van der Waals surface area contributed by atoms with Gasteiger partial charge in [0.15, 0.2) is 0 Å². The van der Waals surface area contributed by atoms with Gasteiger partial charge in [0.2, 0.25) is 5.91 Å². The van der Waals surface area contributed by atoms with Crippen LogP contribution < -0.4 is 5.73 Å². The summed E-state index contributed by atoms with van der Waals surface area (Å²) < 4.78 is 5.10. The van der Waals surface area contributed by atoms with Crippen molar-refractivity contribution in [1.82, 2.24) is 4.90 Å². The highest BCUT2D eigenvalue weighted by atomic mass is 16.5. The van der Waals surface area contributed by atoms with Crippen LogP contribution in [0.1, 0.15) is 46.0 Å². The third-order valence-corrected chi connectivity index (χ3v) is 3.86. The van der Waals surface area contributed by atoms with Gasteiger partial charge in [0.25, 0.3) is 0 Å². The molecule has 1 fully saturated rings.